The summed E-state index contributed by atoms with van der Waals surface area (Å²) in [5, 5.41) is 0.537. The van der Waals surface area contributed by atoms with Crippen LogP contribution in [0.5, 0.6) is 5.75 Å². The minimum absolute atomic E-state index is 0.0141. The zero-order valence-electron chi connectivity index (χ0n) is 21.7. The molecule has 38 heavy (non-hydrogen) atoms. The number of aromatic nitrogens is 2. The highest BCUT2D eigenvalue weighted by Gasteiger charge is 2.54. The standard InChI is InChI=1S/C25H31N5O6S2/c1-16-7-8-18(36-16)6-5-13-30(24(32)25(11-12-25)20-10-9-19(35-4)14-27-20)15-21-28-22(17(2)37-21)23(31)29-38(33,34)26-3/h7-10,14,26H,5-6,11-13,15H2,1-4H3,(H,29,31). The Morgan fingerprint density at radius 1 is 1.21 bits per heavy atom. The highest BCUT2D eigenvalue weighted by molar-refractivity contribution is 7.88. The van der Waals surface area contributed by atoms with Crippen LogP contribution in [0.1, 0.15) is 56.9 Å². The van der Waals surface area contributed by atoms with Gasteiger partial charge in [0.05, 0.1) is 31.0 Å². The molecule has 3 heterocycles. The fourth-order valence-electron chi connectivity index (χ4n) is 4.22. The Hall–Kier alpha value is -3.29. The number of pyridine rings is 1. The number of nitrogens with zero attached hydrogens (tertiary/aromatic N) is 3. The molecule has 0 spiro atoms. The second-order valence-corrected chi connectivity index (χ2v) is 12.1. The van der Waals surface area contributed by atoms with E-state index in [-0.39, 0.29) is 18.1 Å². The summed E-state index contributed by atoms with van der Waals surface area (Å²) in [5.74, 6) is 1.42. The SMILES string of the molecule is CNS(=O)(=O)NC(=O)c1nc(CN(CCCc2ccc(C)o2)C(=O)C2(c3ccc(OC)cn3)CC2)sc1C. The van der Waals surface area contributed by atoms with Crippen LogP contribution in [0.3, 0.4) is 0 Å². The van der Waals surface area contributed by atoms with Gasteiger partial charge >= 0.3 is 10.2 Å². The van der Waals surface area contributed by atoms with Gasteiger partial charge in [-0.1, -0.05) is 0 Å². The van der Waals surface area contributed by atoms with Gasteiger partial charge in [0.2, 0.25) is 5.91 Å². The summed E-state index contributed by atoms with van der Waals surface area (Å²) in [6.45, 7) is 4.21. The number of amides is 2. The molecule has 0 aromatic carbocycles. The molecule has 1 saturated carbocycles. The maximum absolute atomic E-state index is 13.9. The van der Waals surface area contributed by atoms with E-state index < -0.39 is 21.5 Å². The van der Waals surface area contributed by atoms with Crippen molar-refractivity contribution in [2.24, 2.45) is 0 Å². The lowest BCUT2D eigenvalue weighted by Crippen LogP contribution is -2.40. The quantitative estimate of drug-likeness (QED) is 0.344. The first-order valence-electron chi connectivity index (χ1n) is 12.1. The molecular formula is C25H31N5O6S2. The zero-order valence-corrected chi connectivity index (χ0v) is 23.4. The van der Waals surface area contributed by atoms with Gasteiger partial charge in [0.1, 0.15) is 28.0 Å². The van der Waals surface area contributed by atoms with Crippen molar-refractivity contribution in [3.05, 3.63) is 63.3 Å². The third-order valence-electron chi connectivity index (χ3n) is 6.43. The third kappa shape index (κ3) is 6.22. The second-order valence-electron chi connectivity index (χ2n) is 9.16. The first-order chi connectivity index (χ1) is 18.1. The van der Waals surface area contributed by atoms with E-state index in [0.717, 1.165) is 11.5 Å². The number of rotatable bonds is 12. The van der Waals surface area contributed by atoms with E-state index in [1.54, 1.807) is 31.2 Å². The van der Waals surface area contributed by atoms with Crippen LogP contribution >= 0.6 is 11.3 Å². The van der Waals surface area contributed by atoms with Crippen molar-refractivity contribution in [2.45, 2.75) is 51.5 Å². The number of aryl methyl sites for hydroxylation is 3. The number of nitrogens with one attached hydrogen (secondary N) is 2. The molecule has 204 valence electrons. The molecule has 3 aromatic rings. The fraction of sp³-hybridized carbons (Fsp3) is 0.440. The number of carbonyl (C=O) groups excluding carboxylic acids is 2. The molecule has 11 nitrogen and oxygen atoms in total. The molecule has 2 N–H and O–H groups in total. The van der Waals surface area contributed by atoms with Crippen LogP contribution in [0.15, 0.2) is 34.9 Å². The van der Waals surface area contributed by atoms with E-state index in [2.05, 4.69) is 9.97 Å². The molecule has 0 unspecified atom stereocenters. The number of hydrogen-bond acceptors (Lipinski definition) is 9. The molecule has 0 atom stereocenters. The maximum Gasteiger partial charge on any atom is 0.301 e. The van der Waals surface area contributed by atoms with E-state index in [1.165, 1.54) is 18.4 Å². The molecule has 1 aliphatic carbocycles. The number of methoxy groups -OCH3 is 1. The first-order valence-corrected chi connectivity index (χ1v) is 14.4. The number of furan rings is 1. The Kier molecular flexibility index (Phi) is 8.19. The summed E-state index contributed by atoms with van der Waals surface area (Å²) < 4.78 is 38.4. The summed E-state index contributed by atoms with van der Waals surface area (Å²) >= 11 is 1.26. The predicted octanol–water partition coefficient (Wildman–Crippen LogP) is 2.64. The molecule has 3 aromatic heterocycles. The molecule has 13 heteroatoms. The van der Waals surface area contributed by atoms with Gasteiger partial charge < -0.3 is 14.1 Å². The summed E-state index contributed by atoms with van der Waals surface area (Å²) in [4.78, 5) is 37.6. The first kappa shape index (κ1) is 27.7. The van der Waals surface area contributed by atoms with Gasteiger partial charge in [-0.3, -0.25) is 14.6 Å². The fourth-order valence-corrected chi connectivity index (χ4v) is 5.61. The third-order valence-corrected chi connectivity index (χ3v) is 8.38. The Labute approximate surface area is 225 Å². The lowest BCUT2D eigenvalue weighted by molar-refractivity contribution is -0.134. The molecule has 0 radical (unpaired) electrons. The van der Waals surface area contributed by atoms with Crippen LogP contribution < -0.4 is 14.2 Å². The topological polar surface area (TPSA) is 144 Å². The molecule has 0 saturated heterocycles. The lowest BCUT2D eigenvalue weighted by Gasteiger charge is -2.26. The van der Waals surface area contributed by atoms with Crippen molar-refractivity contribution in [3.63, 3.8) is 0 Å². The van der Waals surface area contributed by atoms with Crippen LogP contribution in [-0.2, 0) is 33.4 Å². The number of ether oxygens (including phenoxy) is 1. The zero-order chi connectivity index (χ0) is 27.5. The number of carbonyl (C=O) groups is 2. The largest absolute Gasteiger partial charge is 0.495 e. The van der Waals surface area contributed by atoms with E-state index in [1.807, 2.05) is 34.6 Å². The van der Waals surface area contributed by atoms with Gasteiger partial charge in [-0.25, -0.2) is 14.4 Å². The van der Waals surface area contributed by atoms with E-state index in [9.17, 15) is 18.0 Å². The highest BCUT2D eigenvalue weighted by atomic mass is 32.2. The van der Waals surface area contributed by atoms with Gasteiger partial charge in [-0.05, 0) is 57.4 Å². The van der Waals surface area contributed by atoms with Crippen molar-refractivity contribution in [1.29, 1.82) is 0 Å². The second kappa shape index (κ2) is 11.2. The van der Waals surface area contributed by atoms with Crippen LogP contribution in [0.4, 0.5) is 0 Å². The molecule has 0 aliphatic heterocycles. The smallest absolute Gasteiger partial charge is 0.301 e. The van der Waals surface area contributed by atoms with Gasteiger partial charge in [0.25, 0.3) is 5.91 Å². The summed E-state index contributed by atoms with van der Waals surface area (Å²) in [6, 6.07) is 7.46. The average Bonchev–Trinajstić information content (AvgIpc) is 3.47. The normalized spacial score (nSPS) is 14.2. The number of hydrogen-bond donors (Lipinski definition) is 2. The van der Waals surface area contributed by atoms with Gasteiger partial charge in [-0.2, -0.15) is 8.42 Å². The molecular weight excluding hydrogens is 530 g/mol. The Morgan fingerprint density at radius 3 is 2.55 bits per heavy atom. The number of thiazole rings is 1. The molecule has 1 fully saturated rings. The average molecular weight is 562 g/mol. The van der Waals surface area contributed by atoms with Crippen LogP contribution in [0.25, 0.3) is 0 Å². The monoisotopic (exact) mass is 561 g/mol. The van der Waals surface area contributed by atoms with Crippen molar-refractivity contribution in [1.82, 2.24) is 24.3 Å². The van der Waals surface area contributed by atoms with Crippen molar-refractivity contribution < 1.29 is 27.2 Å². The van der Waals surface area contributed by atoms with Crippen LogP contribution in [0.2, 0.25) is 0 Å². The molecule has 1 aliphatic rings. The molecule has 4 rings (SSSR count). The van der Waals surface area contributed by atoms with Gasteiger partial charge in [0.15, 0.2) is 0 Å². The maximum atomic E-state index is 13.9. The Morgan fingerprint density at radius 2 is 1.97 bits per heavy atom. The van der Waals surface area contributed by atoms with Crippen molar-refractivity contribution in [2.75, 3.05) is 20.7 Å². The minimum atomic E-state index is -3.97. The van der Waals surface area contributed by atoms with E-state index in [0.29, 0.717) is 53.6 Å². The lowest BCUT2D eigenvalue weighted by atomic mass is 9.99. The highest BCUT2D eigenvalue weighted by Crippen LogP contribution is 2.49. The predicted molar refractivity (Wildman–Crippen MR) is 141 cm³/mol. The summed E-state index contributed by atoms with van der Waals surface area (Å²) in [6.07, 6.45) is 4.32. The van der Waals surface area contributed by atoms with E-state index in [4.69, 9.17) is 9.15 Å². The minimum Gasteiger partial charge on any atom is -0.495 e. The Bertz CT molecular complexity index is 1410. The summed E-state index contributed by atoms with van der Waals surface area (Å²) in [7, 11) is -1.20. The molecule has 0 bridgehead atoms. The van der Waals surface area contributed by atoms with Crippen molar-refractivity contribution >= 4 is 33.4 Å². The van der Waals surface area contributed by atoms with Crippen molar-refractivity contribution in [3.8, 4) is 5.75 Å². The van der Waals surface area contributed by atoms with Gasteiger partial charge in [0, 0.05) is 24.9 Å². The van der Waals surface area contributed by atoms with Crippen LogP contribution in [0, 0.1) is 13.8 Å². The van der Waals surface area contributed by atoms with E-state index >= 15 is 0 Å². The summed E-state index contributed by atoms with van der Waals surface area (Å²) in [5.41, 5.74) is 0.00356. The van der Waals surface area contributed by atoms with Crippen LogP contribution in [-0.4, -0.2) is 55.8 Å². The van der Waals surface area contributed by atoms with Gasteiger partial charge in [-0.15, -0.1) is 11.3 Å². The Balaban J connectivity index is 1.55. The molecule has 2 amide bonds.